The third-order valence-corrected chi connectivity index (χ3v) is 7.68. The van der Waals surface area contributed by atoms with Crippen molar-refractivity contribution < 1.29 is 23.1 Å². The molecule has 1 saturated heterocycles. The number of halogens is 2. The number of anilines is 2. The minimum atomic E-state index is -1.28. The zero-order valence-electron chi connectivity index (χ0n) is 19.2. The van der Waals surface area contributed by atoms with Crippen molar-refractivity contribution in [2.24, 2.45) is 0 Å². The van der Waals surface area contributed by atoms with Gasteiger partial charge in [-0.05, 0) is 31.2 Å². The van der Waals surface area contributed by atoms with E-state index in [0.29, 0.717) is 35.0 Å². The number of aryl methyl sites for hydroxylation is 1. The number of rotatable bonds is 4. The summed E-state index contributed by atoms with van der Waals surface area (Å²) in [6.45, 7) is 2.20. The first-order valence-electron chi connectivity index (χ1n) is 11.1. The fourth-order valence-electron chi connectivity index (χ4n) is 4.60. The molecule has 1 spiro atoms. The molecule has 0 saturated carbocycles. The largest absolute Gasteiger partial charge is 0.497 e. The summed E-state index contributed by atoms with van der Waals surface area (Å²) in [6, 6.07) is 15.5. The van der Waals surface area contributed by atoms with Crippen LogP contribution in [-0.4, -0.2) is 36.2 Å². The molecular weight excluding hydrogens is 472 g/mol. The predicted molar refractivity (Wildman–Crippen MR) is 132 cm³/mol. The van der Waals surface area contributed by atoms with Crippen LogP contribution in [0.5, 0.6) is 5.75 Å². The number of ether oxygens (including phenoxy) is 1. The molecule has 2 aliphatic heterocycles. The van der Waals surface area contributed by atoms with Gasteiger partial charge in [-0.15, -0.1) is 11.8 Å². The summed E-state index contributed by atoms with van der Waals surface area (Å²) >= 11 is 1.38. The Morgan fingerprint density at radius 1 is 1.14 bits per heavy atom. The van der Waals surface area contributed by atoms with E-state index in [1.54, 1.807) is 36.3 Å². The molecule has 1 N–H and O–H groups in total. The van der Waals surface area contributed by atoms with Crippen molar-refractivity contribution >= 4 is 35.1 Å². The van der Waals surface area contributed by atoms with Crippen LogP contribution in [0.1, 0.15) is 16.7 Å². The van der Waals surface area contributed by atoms with Crippen LogP contribution in [0.15, 0.2) is 60.7 Å². The van der Waals surface area contributed by atoms with E-state index in [0.717, 1.165) is 11.6 Å². The van der Waals surface area contributed by atoms with E-state index in [1.807, 2.05) is 25.1 Å². The molecule has 9 heteroatoms. The first-order chi connectivity index (χ1) is 16.8. The molecule has 6 nitrogen and oxygen atoms in total. The number of fused-ring (bicyclic) bond motifs is 2. The van der Waals surface area contributed by atoms with Crippen LogP contribution in [0.4, 0.5) is 25.0 Å². The number of carbonyl (C=O) groups is 2. The van der Waals surface area contributed by atoms with Gasteiger partial charge in [-0.1, -0.05) is 29.8 Å². The second kappa shape index (κ2) is 8.88. The molecule has 0 bridgehead atoms. The monoisotopic (exact) mass is 495 g/mol. The summed E-state index contributed by atoms with van der Waals surface area (Å²) in [4.78, 5) is 29.2. The van der Waals surface area contributed by atoms with Gasteiger partial charge in [0, 0.05) is 41.2 Å². The van der Waals surface area contributed by atoms with E-state index in [1.165, 1.54) is 28.8 Å². The summed E-state index contributed by atoms with van der Waals surface area (Å²) in [7, 11) is 1.54. The molecule has 2 heterocycles. The number of carbonyl (C=O) groups excluding carboxylic acids is 2. The number of hydrogen-bond acceptors (Lipinski definition) is 4. The molecule has 35 heavy (non-hydrogen) atoms. The number of nitrogens with one attached hydrogen (secondary N) is 1. The van der Waals surface area contributed by atoms with Gasteiger partial charge in [0.05, 0.1) is 19.3 Å². The van der Waals surface area contributed by atoms with E-state index in [2.05, 4.69) is 5.32 Å². The van der Waals surface area contributed by atoms with Gasteiger partial charge in [-0.25, -0.2) is 13.6 Å². The fraction of sp³-hybridized carbons (Fsp3) is 0.231. The van der Waals surface area contributed by atoms with Gasteiger partial charge in [0.2, 0.25) is 0 Å². The second-order valence-electron chi connectivity index (χ2n) is 8.45. The molecule has 5 rings (SSSR count). The van der Waals surface area contributed by atoms with Gasteiger partial charge in [-0.2, -0.15) is 0 Å². The number of hydrogen-bond donors (Lipinski definition) is 1. The minimum Gasteiger partial charge on any atom is -0.497 e. The Hall–Kier alpha value is -3.59. The smallest absolute Gasteiger partial charge is 0.323 e. The van der Waals surface area contributed by atoms with Crippen molar-refractivity contribution in [3.8, 4) is 5.75 Å². The van der Waals surface area contributed by atoms with Crippen molar-refractivity contribution in [1.82, 2.24) is 4.90 Å². The number of benzene rings is 3. The van der Waals surface area contributed by atoms with E-state index >= 15 is 0 Å². The molecule has 2 aliphatic rings. The van der Waals surface area contributed by atoms with Crippen LogP contribution in [0, 0.1) is 18.6 Å². The van der Waals surface area contributed by atoms with E-state index in [-0.39, 0.29) is 18.0 Å². The highest BCUT2D eigenvalue weighted by molar-refractivity contribution is 8.01. The Kier molecular flexibility index (Phi) is 5.88. The summed E-state index contributed by atoms with van der Waals surface area (Å²) in [5, 5.41) is 2.88. The molecule has 180 valence electrons. The second-order valence-corrected chi connectivity index (χ2v) is 9.74. The molecule has 1 fully saturated rings. The third-order valence-electron chi connectivity index (χ3n) is 6.26. The highest BCUT2D eigenvalue weighted by Gasteiger charge is 2.59. The average Bonchev–Trinajstić information content (AvgIpc) is 3.38. The molecule has 0 aromatic heterocycles. The topological polar surface area (TPSA) is 61.9 Å². The lowest BCUT2D eigenvalue weighted by atomic mass is 10.0. The Balaban J connectivity index is 1.52. The van der Waals surface area contributed by atoms with E-state index < -0.39 is 22.5 Å². The van der Waals surface area contributed by atoms with E-state index in [9.17, 15) is 18.4 Å². The lowest BCUT2D eigenvalue weighted by molar-refractivity contribution is -0.123. The zero-order valence-corrected chi connectivity index (χ0v) is 20.0. The molecule has 0 radical (unpaired) electrons. The van der Waals surface area contributed by atoms with Gasteiger partial charge in [0.15, 0.2) is 4.87 Å². The van der Waals surface area contributed by atoms with Crippen LogP contribution >= 0.6 is 11.8 Å². The molecule has 3 aromatic carbocycles. The van der Waals surface area contributed by atoms with Crippen LogP contribution in [-0.2, 0) is 16.2 Å². The highest BCUT2D eigenvalue weighted by Crippen LogP contribution is 2.54. The fourth-order valence-corrected chi connectivity index (χ4v) is 6.05. The van der Waals surface area contributed by atoms with Crippen molar-refractivity contribution in [1.29, 1.82) is 0 Å². The lowest BCUT2D eigenvalue weighted by Gasteiger charge is -2.33. The number of thioether (sulfide) groups is 1. The number of amides is 3. The van der Waals surface area contributed by atoms with Crippen molar-refractivity contribution in [3.63, 3.8) is 0 Å². The maximum absolute atomic E-state index is 14.5. The molecular formula is C26H23F2N3O3S. The van der Waals surface area contributed by atoms with Gasteiger partial charge in [0.1, 0.15) is 17.4 Å². The third kappa shape index (κ3) is 3.89. The summed E-state index contributed by atoms with van der Waals surface area (Å²) in [5.74, 6) is -0.579. The number of methoxy groups -OCH3 is 1. The van der Waals surface area contributed by atoms with Crippen LogP contribution in [0.3, 0.4) is 0 Å². The van der Waals surface area contributed by atoms with Gasteiger partial charge >= 0.3 is 6.03 Å². The van der Waals surface area contributed by atoms with Crippen molar-refractivity contribution in [3.05, 3.63) is 89.0 Å². The number of nitrogens with zero attached hydrogens (tertiary/aromatic N) is 2. The molecule has 1 atom stereocenters. The molecule has 3 aromatic rings. The maximum atomic E-state index is 14.5. The SMILES string of the molecule is COc1cccc(NC(=O)N2CCS[C@@]23C(=O)N(Cc2ccc(F)cc2F)c2ccc(C)cc23)c1. The van der Waals surface area contributed by atoms with E-state index in [4.69, 9.17) is 4.74 Å². The Morgan fingerprint density at radius 2 is 1.97 bits per heavy atom. The normalized spacial score (nSPS) is 18.8. The highest BCUT2D eigenvalue weighted by atomic mass is 32.2. The predicted octanol–water partition coefficient (Wildman–Crippen LogP) is 5.26. The van der Waals surface area contributed by atoms with Crippen LogP contribution in [0.2, 0.25) is 0 Å². The first kappa shape index (κ1) is 23.2. The summed E-state index contributed by atoms with van der Waals surface area (Å²) in [5.41, 5.74) is 2.97. The molecule has 0 unspecified atom stereocenters. The molecule has 3 amide bonds. The van der Waals surface area contributed by atoms with Gasteiger partial charge < -0.3 is 15.0 Å². The summed E-state index contributed by atoms with van der Waals surface area (Å²) in [6.07, 6.45) is 0. The minimum absolute atomic E-state index is 0.0747. The molecule has 0 aliphatic carbocycles. The Labute approximate surface area is 205 Å². The lowest BCUT2D eigenvalue weighted by Crippen LogP contribution is -2.51. The van der Waals surface area contributed by atoms with Gasteiger partial charge in [-0.3, -0.25) is 9.69 Å². The van der Waals surface area contributed by atoms with Crippen molar-refractivity contribution in [2.75, 3.05) is 29.6 Å². The maximum Gasteiger partial charge on any atom is 0.323 e. The number of urea groups is 1. The summed E-state index contributed by atoms with van der Waals surface area (Å²) < 4.78 is 33.2. The standard InChI is InChI=1S/C26H23F2N3O3S/c1-16-6-9-23-21(12-16)26(24(32)30(23)15-17-7-8-18(27)13-22(17)28)31(10-11-35-26)25(33)29-19-4-3-5-20(14-19)34-2/h3-9,12-14H,10-11,15H2,1-2H3,(H,29,33)/t26-/m0/s1. The zero-order chi connectivity index (χ0) is 24.7. The van der Waals surface area contributed by atoms with Crippen molar-refractivity contribution in [2.45, 2.75) is 18.3 Å². The van der Waals surface area contributed by atoms with Crippen LogP contribution in [0.25, 0.3) is 0 Å². The Morgan fingerprint density at radius 3 is 2.74 bits per heavy atom. The quantitative estimate of drug-likeness (QED) is 0.536. The van der Waals surface area contributed by atoms with Crippen LogP contribution < -0.4 is 15.0 Å². The average molecular weight is 496 g/mol. The first-order valence-corrected chi connectivity index (χ1v) is 12.1. The Bertz CT molecular complexity index is 1330. The van der Waals surface area contributed by atoms with Gasteiger partial charge in [0.25, 0.3) is 5.91 Å².